The van der Waals surface area contributed by atoms with E-state index < -0.39 is 75.6 Å². The number of ether oxygens (including phenoxy) is 4. The lowest BCUT2D eigenvalue weighted by Gasteiger charge is -2.37. The van der Waals surface area contributed by atoms with E-state index in [1.165, 1.54) is 40.6 Å². The van der Waals surface area contributed by atoms with Crippen molar-refractivity contribution in [3.05, 3.63) is 77.3 Å². The third-order valence-electron chi connectivity index (χ3n) is 10.5. The number of ketones is 1. The van der Waals surface area contributed by atoms with E-state index in [1.807, 2.05) is 0 Å². The Balaban J connectivity index is 1.56. The number of aryl methyl sites for hydroxylation is 2. The number of aromatic amines is 1. The fourth-order valence-electron chi connectivity index (χ4n) is 6.13. The average molecular weight is 791 g/mol. The van der Waals surface area contributed by atoms with E-state index in [0.717, 1.165) is 10.6 Å². The van der Waals surface area contributed by atoms with Crippen molar-refractivity contribution in [2.45, 2.75) is 142 Å². The van der Waals surface area contributed by atoms with Crippen molar-refractivity contribution in [2.75, 3.05) is 13.2 Å². The lowest BCUT2D eigenvalue weighted by atomic mass is 9.94. The number of allylic oxidation sites excluding steroid dienone is 1. The fraction of sp³-hybridized carbons (Fsp3) is 0.676. The van der Waals surface area contributed by atoms with Crippen molar-refractivity contribution >= 4 is 28.1 Å². The molecule has 2 aliphatic heterocycles. The van der Waals surface area contributed by atoms with E-state index in [9.17, 15) is 28.8 Å². The van der Waals surface area contributed by atoms with Gasteiger partial charge in [0.15, 0.2) is 14.1 Å². The predicted octanol–water partition coefficient (Wildman–Crippen LogP) is 4.15. The quantitative estimate of drug-likeness (QED) is 0.119. The molecule has 2 aliphatic rings. The molecular weight excluding hydrogens is 733 g/mol. The van der Waals surface area contributed by atoms with Gasteiger partial charge in [0.05, 0.1) is 12.7 Å². The number of carbonyl (C=O) groups excluding carboxylic acids is 2. The molecule has 1 N–H and O–H groups in total. The molecule has 0 aliphatic carbocycles. The van der Waals surface area contributed by atoms with Crippen LogP contribution in [0.15, 0.2) is 43.7 Å². The van der Waals surface area contributed by atoms with Crippen molar-refractivity contribution in [1.82, 2.24) is 18.7 Å². The zero-order valence-corrected chi connectivity index (χ0v) is 35.6. The van der Waals surface area contributed by atoms with Gasteiger partial charge in [-0.05, 0) is 62.5 Å². The number of esters is 1. The van der Waals surface area contributed by atoms with E-state index in [0.29, 0.717) is 24.2 Å². The van der Waals surface area contributed by atoms with Crippen LogP contribution in [0.4, 0.5) is 0 Å². The van der Waals surface area contributed by atoms with Gasteiger partial charge in [0.25, 0.3) is 11.1 Å². The highest BCUT2D eigenvalue weighted by Gasteiger charge is 2.43. The topological polar surface area (TPSA) is 179 Å². The number of H-pyrrole nitrogens is 1. The predicted molar refractivity (Wildman–Crippen MR) is 208 cm³/mol. The summed E-state index contributed by atoms with van der Waals surface area (Å²) in [5, 5.41) is -0.0748. The molecule has 6 atom stereocenters. The Kier molecular flexibility index (Phi) is 13.7. The zero-order valence-electron chi connectivity index (χ0n) is 33.6. The Morgan fingerprint density at radius 1 is 0.963 bits per heavy atom. The molecule has 2 aromatic rings. The van der Waals surface area contributed by atoms with E-state index in [1.54, 1.807) is 13.8 Å². The molecule has 4 rings (SSSR count). The van der Waals surface area contributed by atoms with Crippen LogP contribution in [0.1, 0.15) is 70.5 Å². The van der Waals surface area contributed by atoms with E-state index in [-0.39, 0.29) is 42.9 Å². The first-order chi connectivity index (χ1) is 25.0. The largest absolute Gasteiger partial charge is 0.459 e. The molecule has 0 radical (unpaired) electrons. The Morgan fingerprint density at radius 2 is 1.61 bits per heavy atom. The van der Waals surface area contributed by atoms with Gasteiger partial charge in [-0.25, -0.2) is 14.2 Å². The summed E-state index contributed by atoms with van der Waals surface area (Å²) in [6.07, 6.45) is 2.50. The number of rotatable bonds is 15. The molecule has 0 unspecified atom stereocenters. The lowest BCUT2D eigenvalue weighted by molar-refractivity contribution is -0.147. The third kappa shape index (κ3) is 10.8. The maximum Gasteiger partial charge on any atom is 0.335 e. The summed E-state index contributed by atoms with van der Waals surface area (Å²) in [7, 11) is -3.60. The maximum atomic E-state index is 13.7. The molecular formula is C37H58N4O11Si2. The van der Waals surface area contributed by atoms with Crippen molar-refractivity contribution in [3.63, 3.8) is 0 Å². The SMILES string of the molecule is CC(=O)O[C@H]1C[C@H](n2cc(C)c(=O)[nH]c2=O)O[C@@H]1/C=C/C(=O)C[C@H]1C[C@H](n2cc(C)c(=O)n(COCC[Si](C)(C)C)c2=O)O[C@@H]1CO[Si](C)(C)C(C)(C)C. The molecule has 4 heterocycles. The second-order valence-corrected chi connectivity index (χ2v) is 27.7. The second-order valence-electron chi connectivity index (χ2n) is 17.2. The van der Waals surface area contributed by atoms with Crippen LogP contribution in [0, 0.1) is 19.8 Å². The smallest absolute Gasteiger partial charge is 0.335 e. The van der Waals surface area contributed by atoms with E-state index in [4.69, 9.17) is 23.4 Å². The monoisotopic (exact) mass is 790 g/mol. The molecule has 15 nitrogen and oxygen atoms in total. The van der Waals surface area contributed by atoms with Gasteiger partial charge in [-0.2, -0.15) is 0 Å². The van der Waals surface area contributed by atoms with Crippen molar-refractivity contribution < 1.29 is 33.0 Å². The molecule has 2 saturated heterocycles. The number of hydrogen-bond donors (Lipinski definition) is 1. The van der Waals surface area contributed by atoms with Crippen LogP contribution in [0.5, 0.6) is 0 Å². The Morgan fingerprint density at radius 3 is 2.24 bits per heavy atom. The number of nitrogens with zero attached hydrogens (tertiary/aromatic N) is 3. The average Bonchev–Trinajstić information content (AvgIpc) is 3.64. The van der Waals surface area contributed by atoms with Crippen molar-refractivity contribution in [2.24, 2.45) is 5.92 Å². The molecule has 0 saturated carbocycles. The van der Waals surface area contributed by atoms with Gasteiger partial charge in [-0.1, -0.05) is 40.4 Å². The van der Waals surface area contributed by atoms with Crippen LogP contribution in [0.25, 0.3) is 0 Å². The summed E-state index contributed by atoms with van der Waals surface area (Å²) in [6, 6.07) is 0.889. The molecule has 300 valence electrons. The number of nitrogens with one attached hydrogen (secondary N) is 1. The van der Waals surface area contributed by atoms with E-state index in [2.05, 4.69) is 58.5 Å². The van der Waals surface area contributed by atoms with Gasteiger partial charge in [0, 0.05) is 58.0 Å². The number of carbonyl (C=O) groups is 2. The first-order valence-electron chi connectivity index (χ1n) is 18.5. The Hall–Kier alpha value is -3.49. The van der Waals surface area contributed by atoms with Crippen LogP contribution in [0.3, 0.4) is 0 Å². The molecule has 2 aromatic heterocycles. The minimum atomic E-state index is -2.22. The highest BCUT2D eigenvalue weighted by molar-refractivity contribution is 6.76. The molecule has 17 heteroatoms. The normalized spacial score (nSPS) is 23.7. The van der Waals surface area contributed by atoms with E-state index >= 15 is 0 Å². The summed E-state index contributed by atoms with van der Waals surface area (Å²) in [4.78, 5) is 79.0. The first kappa shape index (κ1) is 43.2. The minimum absolute atomic E-state index is 0.0542. The van der Waals surface area contributed by atoms with Gasteiger partial charge in [-0.15, -0.1) is 0 Å². The van der Waals surface area contributed by atoms with Gasteiger partial charge >= 0.3 is 17.3 Å². The molecule has 0 amide bonds. The van der Waals surface area contributed by atoms with Gasteiger partial charge in [0.2, 0.25) is 0 Å². The standard InChI is InChI=1S/C37H58N4O11Si2/c1-23-19-39(35(46)38-33(23)44)32-18-29(50-25(3)42)28(51-32)13-12-27(43)16-26-17-31(52-30(26)21-49-54(10,11)37(4,5)6)40-20-24(2)34(45)41(36(40)47)22-48-14-15-53(7,8)9/h12-13,19-20,26,28-32H,14-18,21-22H2,1-11H3,(H,38,44,46)/b13-12+/t26-,28+,29-,30+,31+,32+/m0/s1. The Bertz CT molecular complexity index is 1950. The Labute approximate surface area is 317 Å². The summed E-state index contributed by atoms with van der Waals surface area (Å²) in [5.74, 6) is -1.15. The van der Waals surface area contributed by atoms with Gasteiger partial charge in [-0.3, -0.25) is 33.3 Å². The van der Waals surface area contributed by atoms with Crippen LogP contribution in [0.2, 0.25) is 43.8 Å². The van der Waals surface area contributed by atoms with Crippen LogP contribution in [-0.4, -0.2) is 78.4 Å². The van der Waals surface area contributed by atoms with Crippen LogP contribution in [-0.2, 0) is 39.7 Å². The summed E-state index contributed by atoms with van der Waals surface area (Å²) < 4.78 is 34.1. The maximum absolute atomic E-state index is 13.7. The lowest BCUT2D eigenvalue weighted by Crippen LogP contribution is -2.44. The second kappa shape index (κ2) is 17.1. The molecule has 0 spiro atoms. The summed E-state index contributed by atoms with van der Waals surface area (Å²) in [5.41, 5.74) is -1.49. The number of aromatic nitrogens is 4. The van der Waals surface area contributed by atoms with Gasteiger partial charge in [0.1, 0.15) is 31.4 Å². The highest BCUT2D eigenvalue weighted by atomic mass is 28.4. The summed E-state index contributed by atoms with van der Waals surface area (Å²) in [6.45, 7) is 22.3. The highest BCUT2D eigenvalue weighted by Crippen LogP contribution is 2.40. The fourth-order valence-corrected chi connectivity index (χ4v) is 7.90. The van der Waals surface area contributed by atoms with Crippen LogP contribution < -0.4 is 22.5 Å². The molecule has 0 bridgehead atoms. The van der Waals surface area contributed by atoms with Crippen LogP contribution >= 0.6 is 0 Å². The summed E-state index contributed by atoms with van der Waals surface area (Å²) >= 11 is 0. The van der Waals surface area contributed by atoms with Crippen molar-refractivity contribution in [1.29, 1.82) is 0 Å². The number of hydrogen-bond acceptors (Lipinski definition) is 11. The van der Waals surface area contributed by atoms with Crippen molar-refractivity contribution in [3.8, 4) is 0 Å². The molecule has 2 fully saturated rings. The molecule has 54 heavy (non-hydrogen) atoms. The zero-order chi connectivity index (χ0) is 40.3. The molecule has 0 aromatic carbocycles. The minimum Gasteiger partial charge on any atom is -0.459 e. The third-order valence-corrected chi connectivity index (χ3v) is 16.7. The van der Waals surface area contributed by atoms with Gasteiger partial charge < -0.3 is 23.4 Å². The first-order valence-corrected chi connectivity index (χ1v) is 25.1.